The molecule has 0 aliphatic carbocycles. The minimum atomic E-state index is -0.0905. The van der Waals surface area contributed by atoms with Crippen LogP contribution in [0.5, 0.6) is 0 Å². The predicted octanol–water partition coefficient (Wildman–Crippen LogP) is 2.41. The first kappa shape index (κ1) is 14.7. The molecule has 0 amide bonds. The Morgan fingerprint density at radius 2 is 2.00 bits per heavy atom. The Morgan fingerprint density at radius 1 is 1.28 bits per heavy atom. The van der Waals surface area contributed by atoms with Gasteiger partial charge in [-0.3, -0.25) is 4.79 Å². The SMILES string of the molecule is CCOC(=O)[C@H](CC)CNCCc1ccccc1. The number of ether oxygens (including phenoxy) is 1. The highest BCUT2D eigenvalue weighted by Gasteiger charge is 2.16. The van der Waals surface area contributed by atoms with E-state index in [0.717, 1.165) is 19.4 Å². The van der Waals surface area contributed by atoms with Gasteiger partial charge in [-0.15, -0.1) is 0 Å². The molecule has 1 aromatic rings. The second-order valence-electron chi connectivity index (χ2n) is 4.30. The van der Waals surface area contributed by atoms with Crippen molar-refractivity contribution in [2.45, 2.75) is 26.7 Å². The van der Waals surface area contributed by atoms with Gasteiger partial charge in [0, 0.05) is 6.54 Å². The lowest BCUT2D eigenvalue weighted by molar-refractivity contribution is -0.147. The van der Waals surface area contributed by atoms with Crippen LogP contribution in [0.1, 0.15) is 25.8 Å². The summed E-state index contributed by atoms with van der Waals surface area (Å²) < 4.78 is 5.03. The molecule has 1 N–H and O–H groups in total. The predicted molar refractivity (Wildman–Crippen MR) is 73.4 cm³/mol. The van der Waals surface area contributed by atoms with Gasteiger partial charge in [-0.25, -0.2) is 0 Å². The largest absolute Gasteiger partial charge is 0.466 e. The highest BCUT2D eigenvalue weighted by atomic mass is 16.5. The van der Waals surface area contributed by atoms with Crippen molar-refractivity contribution in [2.24, 2.45) is 5.92 Å². The molecule has 0 heterocycles. The van der Waals surface area contributed by atoms with E-state index in [2.05, 4.69) is 17.4 Å². The zero-order valence-electron chi connectivity index (χ0n) is 11.3. The summed E-state index contributed by atoms with van der Waals surface area (Å²) in [4.78, 5) is 11.6. The maximum absolute atomic E-state index is 11.6. The third-order valence-corrected chi connectivity index (χ3v) is 2.94. The quantitative estimate of drug-likeness (QED) is 0.568. The van der Waals surface area contributed by atoms with Crippen molar-refractivity contribution in [1.82, 2.24) is 5.32 Å². The molecule has 1 atom stereocenters. The van der Waals surface area contributed by atoms with Crippen molar-refractivity contribution in [3.05, 3.63) is 35.9 Å². The number of benzene rings is 1. The van der Waals surface area contributed by atoms with Crippen LogP contribution in [0.15, 0.2) is 30.3 Å². The van der Waals surface area contributed by atoms with Crippen LogP contribution in [-0.2, 0) is 16.0 Å². The van der Waals surface area contributed by atoms with E-state index in [1.807, 2.05) is 32.0 Å². The van der Waals surface area contributed by atoms with Crippen LogP contribution in [0.3, 0.4) is 0 Å². The highest BCUT2D eigenvalue weighted by Crippen LogP contribution is 2.04. The molecule has 0 radical (unpaired) electrons. The lowest BCUT2D eigenvalue weighted by Crippen LogP contribution is -2.30. The molecule has 0 aliphatic rings. The zero-order chi connectivity index (χ0) is 13.2. The lowest BCUT2D eigenvalue weighted by atomic mass is 10.1. The number of hydrogen-bond donors (Lipinski definition) is 1. The van der Waals surface area contributed by atoms with Crippen LogP contribution >= 0.6 is 0 Å². The minimum absolute atomic E-state index is 0.0271. The Kier molecular flexibility index (Phi) is 7.11. The summed E-state index contributed by atoms with van der Waals surface area (Å²) in [5.41, 5.74) is 1.31. The average molecular weight is 249 g/mol. The molecule has 0 spiro atoms. The Balaban J connectivity index is 2.21. The number of hydrogen-bond acceptors (Lipinski definition) is 3. The molecule has 100 valence electrons. The van der Waals surface area contributed by atoms with E-state index in [1.54, 1.807) is 0 Å². The molecule has 18 heavy (non-hydrogen) atoms. The Hall–Kier alpha value is -1.35. The van der Waals surface area contributed by atoms with E-state index < -0.39 is 0 Å². The molecule has 0 fully saturated rings. The van der Waals surface area contributed by atoms with Gasteiger partial charge in [0.1, 0.15) is 0 Å². The van der Waals surface area contributed by atoms with Crippen molar-refractivity contribution in [3.63, 3.8) is 0 Å². The maximum Gasteiger partial charge on any atom is 0.310 e. The van der Waals surface area contributed by atoms with E-state index in [0.29, 0.717) is 13.2 Å². The maximum atomic E-state index is 11.6. The number of carbonyl (C=O) groups excluding carboxylic acids is 1. The monoisotopic (exact) mass is 249 g/mol. The second-order valence-corrected chi connectivity index (χ2v) is 4.30. The van der Waals surface area contributed by atoms with Crippen LogP contribution in [0.2, 0.25) is 0 Å². The van der Waals surface area contributed by atoms with Crippen LogP contribution in [0, 0.1) is 5.92 Å². The first-order valence-corrected chi connectivity index (χ1v) is 6.69. The summed E-state index contributed by atoms with van der Waals surface area (Å²) in [6, 6.07) is 10.3. The fourth-order valence-electron chi connectivity index (χ4n) is 1.81. The average Bonchev–Trinajstić information content (AvgIpc) is 2.40. The van der Waals surface area contributed by atoms with Gasteiger partial charge in [0.25, 0.3) is 0 Å². The van der Waals surface area contributed by atoms with Crippen LogP contribution in [-0.4, -0.2) is 25.7 Å². The van der Waals surface area contributed by atoms with Gasteiger partial charge in [-0.05, 0) is 31.9 Å². The smallest absolute Gasteiger partial charge is 0.310 e. The summed E-state index contributed by atoms with van der Waals surface area (Å²) in [5.74, 6) is -0.118. The molecule has 0 unspecified atom stereocenters. The van der Waals surface area contributed by atoms with Gasteiger partial charge in [-0.2, -0.15) is 0 Å². The molecule has 1 aromatic carbocycles. The topological polar surface area (TPSA) is 38.3 Å². The lowest BCUT2D eigenvalue weighted by Gasteiger charge is -2.14. The van der Waals surface area contributed by atoms with E-state index in [4.69, 9.17) is 4.74 Å². The van der Waals surface area contributed by atoms with Crippen LogP contribution in [0.25, 0.3) is 0 Å². The molecular formula is C15H23NO2. The van der Waals surface area contributed by atoms with Crippen molar-refractivity contribution < 1.29 is 9.53 Å². The van der Waals surface area contributed by atoms with Gasteiger partial charge in [-0.1, -0.05) is 37.3 Å². The number of rotatable bonds is 8. The summed E-state index contributed by atoms with van der Waals surface area (Å²) in [6.45, 7) is 5.90. The molecule has 3 heteroatoms. The summed E-state index contributed by atoms with van der Waals surface area (Å²) in [5, 5.41) is 3.32. The highest BCUT2D eigenvalue weighted by molar-refractivity contribution is 5.72. The Bertz CT molecular complexity index is 338. The molecule has 0 aromatic heterocycles. The first-order valence-electron chi connectivity index (χ1n) is 6.69. The third-order valence-electron chi connectivity index (χ3n) is 2.94. The Morgan fingerprint density at radius 3 is 2.61 bits per heavy atom. The number of esters is 1. The number of carbonyl (C=O) groups is 1. The van der Waals surface area contributed by atoms with Crippen molar-refractivity contribution in [1.29, 1.82) is 0 Å². The van der Waals surface area contributed by atoms with E-state index in [9.17, 15) is 4.79 Å². The molecule has 0 saturated carbocycles. The molecule has 0 saturated heterocycles. The molecular weight excluding hydrogens is 226 g/mol. The van der Waals surface area contributed by atoms with Crippen LogP contribution in [0.4, 0.5) is 0 Å². The fourth-order valence-corrected chi connectivity index (χ4v) is 1.81. The van der Waals surface area contributed by atoms with Gasteiger partial charge in [0.2, 0.25) is 0 Å². The standard InChI is InChI=1S/C15H23NO2/c1-3-14(15(17)18-4-2)12-16-11-10-13-8-6-5-7-9-13/h5-9,14,16H,3-4,10-12H2,1-2H3/t14-/m1/s1. The van der Waals surface area contributed by atoms with E-state index >= 15 is 0 Å². The molecule has 0 bridgehead atoms. The summed E-state index contributed by atoms with van der Waals surface area (Å²) in [6.07, 6.45) is 1.80. The molecule has 0 aliphatic heterocycles. The van der Waals surface area contributed by atoms with Gasteiger partial charge in [0.15, 0.2) is 0 Å². The third kappa shape index (κ3) is 5.32. The zero-order valence-corrected chi connectivity index (χ0v) is 11.3. The van der Waals surface area contributed by atoms with E-state index in [1.165, 1.54) is 5.56 Å². The van der Waals surface area contributed by atoms with Crippen molar-refractivity contribution >= 4 is 5.97 Å². The van der Waals surface area contributed by atoms with Gasteiger partial charge < -0.3 is 10.1 Å². The molecule has 3 nitrogen and oxygen atoms in total. The van der Waals surface area contributed by atoms with Gasteiger partial charge in [0.05, 0.1) is 12.5 Å². The van der Waals surface area contributed by atoms with Crippen LogP contribution < -0.4 is 5.32 Å². The summed E-state index contributed by atoms with van der Waals surface area (Å²) >= 11 is 0. The second kappa shape index (κ2) is 8.70. The van der Waals surface area contributed by atoms with Gasteiger partial charge >= 0.3 is 5.97 Å². The fraction of sp³-hybridized carbons (Fsp3) is 0.533. The minimum Gasteiger partial charge on any atom is -0.466 e. The summed E-state index contributed by atoms with van der Waals surface area (Å²) in [7, 11) is 0. The first-order chi connectivity index (χ1) is 8.77. The van der Waals surface area contributed by atoms with E-state index in [-0.39, 0.29) is 11.9 Å². The number of nitrogens with one attached hydrogen (secondary N) is 1. The Labute approximate surface area is 110 Å². The molecule has 1 rings (SSSR count). The normalized spacial score (nSPS) is 12.1. The van der Waals surface area contributed by atoms with Crippen molar-refractivity contribution in [3.8, 4) is 0 Å². The van der Waals surface area contributed by atoms with Crippen molar-refractivity contribution in [2.75, 3.05) is 19.7 Å².